The smallest absolute Gasteiger partial charge is 0.251 e. The highest BCUT2D eigenvalue weighted by molar-refractivity contribution is 7.90. The van der Waals surface area contributed by atoms with Gasteiger partial charge in [-0.25, -0.2) is 8.42 Å². The van der Waals surface area contributed by atoms with E-state index >= 15 is 0 Å². The number of rotatable bonds is 5. The van der Waals surface area contributed by atoms with Crippen LogP contribution in [-0.4, -0.2) is 33.2 Å². The molecule has 1 rings (SSSR count). The predicted octanol–water partition coefficient (Wildman–Crippen LogP) is 0.803. The summed E-state index contributed by atoms with van der Waals surface area (Å²) in [5, 5.41) is 2.70. The molecule has 6 heteroatoms. The van der Waals surface area contributed by atoms with E-state index in [4.69, 9.17) is 5.73 Å². The molecule has 0 heterocycles. The van der Waals surface area contributed by atoms with Gasteiger partial charge in [0.05, 0.1) is 4.90 Å². The summed E-state index contributed by atoms with van der Waals surface area (Å²) in [5.41, 5.74) is 6.15. The minimum absolute atomic E-state index is 0.123. The molecule has 106 valence electrons. The Labute approximate surface area is 114 Å². The van der Waals surface area contributed by atoms with E-state index in [1.807, 2.05) is 13.8 Å². The number of carbonyl (C=O) groups is 1. The van der Waals surface area contributed by atoms with E-state index in [-0.39, 0.29) is 22.8 Å². The van der Waals surface area contributed by atoms with Crippen LogP contribution in [0.2, 0.25) is 0 Å². The standard InChI is InChI=1S/C13H20N2O3S/c1-9(2)12(14)8-15-13(16)10-5-4-6-11(7-10)19(3,17)18/h4-7,9,12H,8,14H2,1-3H3,(H,15,16). The number of benzene rings is 1. The molecule has 0 aliphatic rings. The van der Waals surface area contributed by atoms with Gasteiger partial charge in [-0.2, -0.15) is 0 Å². The number of sulfone groups is 1. The van der Waals surface area contributed by atoms with Crippen LogP contribution in [0.1, 0.15) is 24.2 Å². The highest BCUT2D eigenvalue weighted by Gasteiger charge is 2.13. The average molecular weight is 284 g/mol. The molecule has 1 aromatic carbocycles. The van der Waals surface area contributed by atoms with Crippen LogP contribution in [0.3, 0.4) is 0 Å². The number of nitrogens with two attached hydrogens (primary N) is 1. The van der Waals surface area contributed by atoms with Gasteiger partial charge in [0.25, 0.3) is 5.91 Å². The molecular weight excluding hydrogens is 264 g/mol. The van der Waals surface area contributed by atoms with E-state index in [0.717, 1.165) is 6.26 Å². The van der Waals surface area contributed by atoms with Gasteiger partial charge in [-0.15, -0.1) is 0 Å². The monoisotopic (exact) mass is 284 g/mol. The quantitative estimate of drug-likeness (QED) is 0.837. The van der Waals surface area contributed by atoms with Crippen molar-refractivity contribution in [3.05, 3.63) is 29.8 Å². The largest absolute Gasteiger partial charge is 0.350 e. The van der Waals surface area contributed by atoms with Gasteiger partial charge in [-0.3, -0.25) is 4.79 Å². The fourth-order valence-corrected chi connectivity index (χ4v) is 2.08. The van der Waals surface area contributed by atoms with Crippen LogP contribution in [0.4, 0.5) is 0 Å². The van der Waals surface area contributed by atoms with Crippen molar-refractivity contribution in [1.29, 1.82) is 0 Å². The van der Waals surface area contributed by atoms with Crippen LogP contribution in [0.25, 0.3) is 0 Å². The lowest BCUT2D eigenvalue weighted by Crippen LogP contribution is -2.40. The van der Waals surface area contributed by atoms with E-state index in [1.165, 1.54) is 12.1 Å². The summed E-state index contributed by atoms with van der Waals surface area (Å²) in [6.07, 6.45) is 1.11. The molecule has 0 spiro atoms. The molecule has 1 unspecified atom stereocenters. The third kappa shape index (κ3) is 4.65. The van der Waals surface area contributed by atoms with Crippen LogP contribution < -0.4 is 11.1 Å². The molecule has 1 atom stereocenters. The Kier molecular flexibility index (Phi) is 5.08. The van der Waals surface area contributed by atoms with Crippen LogP contribution in [0.15, 0.2) is 29.2 Å². The van der Waals surface area contributed by atoms with Crippen molar-refractivity contribution < 1.29 is 13.2 Å². The van der Waals surface area contributed by atoms with Gasteiger partial charge in [0.15, 0.2) is 9.84 Å². The second kappa shape index (κ2) is 6.16. The summed E-state index contributed by atoms with van der Waals surface area (Å²) < 4.78 is 22.8. The summed E-state index contributed by atoms with van der Waals surface area (Å²) in [4.78, 5) is 12.0. The molecule has 0 saturated heterocycles. The molecule has 0 saturated carbocycles. The lowest BCUT2D eigenvalue weighted by Gasteiger charge is -2.16. The van der Waals surface area contributed by atoms with Gasteiger partial charge >= 0.3 is 0 Å². The summed E-state index contributed by atoms with van der Waals surface area (Å²) in [5.74, 6) is -0.0516. The van der Waals surface area contributed by atoms with Crippen LogP contribution in [-0.2, 0) is 9.84 Å². The molecular formula is C13H20N2O3S. The number of hydrogen-bond donors (Lipinski definition) is 2. The average Bonchev–Trinajstić information content (AvgIpc) is 2.34. The predicted molar refractivity (Wildman–Crippen MR) is 74.7 cm³/mol. The van der Waals surface area contributed by atoms with Gasteiger partial charge in [-0.1, -0.05) is 19.9 Å². The number of hydrogen-bond acceptors (Lipinski definition) is 4. The van der Waals surface area contributed by atoms with Crippen molar-refractivity contribution in [2.45, 2.75) is 24.8 Å². The first kappa shape index (κ1) is 15.7. The van der Waals surface area contributed by atoms with Crippen molar-refractivity contribution in [3.8, 4) is 0 Å². The second-order valence-corrected chi connectivity index (χ2v) is 6.93. The molecule has 19 heavy (non-hydrogen) atoms. The third-order valence-electron chi connectivity index (χ3n) is 2.88. The normalized spacial score (nSPS) is 13.3. The summed E-state index contributed by atoms with van der Waals surface area (Å²) in [6.45, 7) is 4.31. The lowest BCUT2D eigenvalue weighted by molar-refractivity contribution is 0.0949. The van der Waals surface area contributed by atoms with Gasteiger partial charge in [0.2, 0.25) is 0 Å². The van der Waals surface area contributed by atoms with Crippen molar-refractivity contribution in [2.24, 2.45) is 11.7 Å². The van der Waals surface area contributed by atoms with Crippen LogP contribution in [0, 0.1) is 5.92 Å². The molecule has 5 nitrogen and oxygen atoms in total. The van der Waals surface area contributed by atoms with Gasteiger partial charge in [0, 0.05) is 24.4 Å². The minimum atomic E-state index is -3.31. The molecule has 0 bridgehead atoms. The van der Waals surface area contributed by atoms with E-state index in [0.29, 0.717) is 12.1 Å². The number of nitrogens with one attached hydrogen (secondary N) is 1. The zero-order chi connectivity index (χ0) is 14.6. The van der Waals surface area contributed by atoms with Gasteiger partial charge in [0.1, 0.15) is 0 Å². The summed E-state index contributed by atoms with van der Waals surface area (Å²) in [6, 6.07) is 5.83. The first-order valence-corrected chi connectivity index (χ1v) is 7.95. The molecule has 0 radical (unpaired) electrons. The fraction of sp³-hybridized carbons (Fsp3) is 0.462. The Morgan fingerprint density at radius 3 is 2.53 bits per heavy atom. The lowest BCUT2D eigenvalue weighted by atomic mass is 10.1. The van der Waals surface area contributed by atoms with E-state index in [1.54, 1.807) is 12.1 Å². The Hall–Kier alpha value is -1.40. The van der Waals surface area contributed by atoms with Crippen molar-refractivity contribution >= 4 is 15.7 Å². The SMILES string of the molecule is CC(C)C(N)CNC(=O)c1cccc(S(C)(=O)=O)c1. The topological polar surface area (TPSA) is 89.3 Å². The first-order valence-electron chi connectivity index (χ1n) is 6.05. The molecule has 0 fully saturated rings. The maximum atomic E-state index is 11.9. The number of amides is 1. The fourth-order valence-electron chi connectivity index (χ4n) is 1.42. The van der Waals surface area contributed by atoms with Crippen LogP contribution in [0.5, 0.6) is 0 Å². The van der Waals surface area contributed by atoms with E-state index in [2.05, 4.69) is 5.32 Å². The zero-order valence-electron chi connectivity index (χ0n) is 11.4. The Balaban J connectivity index is 2.78. The van der Waals surface area contributed by atoms with Crippen molar-refractivity contribution in [3.63, 3.8) is 0 Å². The molecule has 3 N–H and O–H groups in total. The zero-order valence-corrected chi connectivity index (χ0v) is 12.2. The summed E-state index contributed by atoms with van der Waals surface area (Å²) >= 11 is 0. The first-order chi connectivity index (χ1) is 8.71. The molecule has 0 aliphatic carbocycles. The number of carbonyl (C=O) groups excluding carboxylic acids is 1. The highest BCUT2D eigenvalue weighted by Crippen LogP contribution is 2.11. The van der Waals surface area contributed by atoms with Crippen molar-refractivity contribution in [2.75, 3.05) is 12.8 Å². The van der Waals surface area contributed by atoms with Gasteiger partial charge < -0.3 is 11.1 Å². The van der Waals surface area contributed by atoms with E-state index in [9.17, 15) is 13.2 Å². The Morgan fingerprint density at radius 2 is 2.00 bits per heavy atom. The van der Waals surface area contributed by atoms with Crippen LogP contribution >= 0.6 is 0 Å². The third-order valence-corrected chi connectivity index (χ3v) is 3.99. The Morgan fingerprint density at radius 1 is 1.37 bits per heavy atom. The van der Waals surface area contributed by atoms with Gasteiger partial charge in [-0.05, 0) is 24.1 Å². The maximum absolute atomic E-state index is 11.9. The van der Waals surface area contributed by atoms with Crippen molar-refractivity contribution in [1.82, 2.24) is 5.32 Å². The highest BCUT2D eigenvalue weighted by atomic mass is 32.2. The van der Waals surface area contributed by atoms with E-state index < -0.39 is 9.84 Å². The Bertz CT molecular complexity index is 553. The maximum Gasteiger partial charge on any atom is 0.251 e. The molecule has 1 amide bonds. The summed E-state index contributed by atoms with van der Waals surface area (Å²) in [7, 11) is -3.31. The molecule has 1 aromatic rings. The minimum Gasteiger partial charge on any atom is -0.350 e. The molecule has 0 aromatic heterocycles. The second-order valence-electron chi connectivity index (χ2n) is 4.92. The molecule has 0 aliphatic heterocycles.